The van der Waals surface area contributed by atoms with E-state index in [4.69, 9.17) is 28.4 Å². The fourth-order valence-electron chi connectivity index (χ4n) is 4.34. The molecular weight excluding hydrogens is 679 g/mol. The van der Waals surface area contributed by atoms with Gasteiger partial charge in [-0.3, -0.25) is 0 Å². The standard InChI is InChI=1S/2C13H20O6S2.2Na/c2*1-9(2)13(21(14,15)16)3-4-17-5-10-6-18-11-7-20-8-12(11)19-10;;/h2*7-10,13H,3-6H2,1-2H3,(H,14,15,16);;/q;;2*+1/p-2. The van der Waals surface area contributed by atoms with E-state index in [1.165, 1.54) is 22.7 Å². The minimum atomic E-state index is -4.29. The Labute approximate surface area is 312 Å². The number of fused-ring (bicyclic) bond motifs is 2. The zero-order valence-electron chi connectivity index (χ0n) is 26.0. The van der Waals surface area contributed by atoms with Gasteiger partial charge in [0.1, 0.15) is 13.2 Å². The summed E-state index contributed by atoms with van der Waals surface area (Å²) in [7, 11) is -8.57. The maximum Gasteiger partial charge on any atom is 1.00 e. The summed E-state index contributed by atoms with van der Waals surface area (Å²) in [6, 6.07) is 0. The van der Waals surface area contributed by atoms with Crippen molar-refractivity contribution in [3.8, 4) is 23.0 Å². The second-order valence-corrected chi connectivity index (χ2v) is 15.2. The van der Waals surface area contributed by atoms with E-state index < -0.39 is 30.7 Å². The average molecular weight is 717 g/mol. The smallest absolute Gasteiger partial charge is 0.748 e. The van der Waals surface area contributed by atoms with Crippen LogP contribution in [0.5, 0.6) is 23.0 Å². The van der Waals surface area contributed by atoms with E-state index in [1.807, 2.05) is 21.5 Å². The van der Waals surface area contributed by atoms with Gasteiger partial charge < -0.3 is 37.5 Å². The SMILES string of the molecule is CC(C)C(CCOCC1COc2cscc2O1)S(=O)(=O)[O-].CC(C)C(CCOCC1COc2cscc2O1)S(=O)(=O)[O-].[Na+].[Na+]. The summed E-state index contributed by atoms with van der Waals surface area (Å²) in [5.41, 5.74) is 0. The fraction of sp³-hybridized carbons (Fsp3) is 0.692. The third-order valence-electron chi connectivity index (χ3n) is 6.55. The molecule has 2 aromatic heterocycles. The van der Waals surface area contributed by atoms with Crippen LogP contribution in [-0.2, 0) is 29.7 Å². The van der Waals surface area contributed by atoms with Crippen molar-refractivity contribution in [1.29, 1.82) is 0 Å². The Hall–Kier alpha value is 0.340. The van der Waals surface area contributed by atoms with E-state index in [0.29, 0.717) is 37.9 Å². The normalized spacial score (nSPS) is 18.8. The van der Waals surface area contributed by atoms with Crippen LogP contribution in [0.1, 0.15) is 40.5 Å². The van der Waals surface area contributed by atoms with Crippen molar-refractivity contribution in [3.05, 3.63) is 21.5 Å². The summed E-state index contributed by atoms with van der Waals surface area (Å²) in [6.45, 7) is 8.70. The Morgan fingerprint density at radius 3 is 1.36 bits per heavy atom. The zero-order valence-corrected chi connectivity index (χ0v) is 33.2. The van der Waals surface area contributed by atoms with Crippen LogP contribution in [0.3, 0.4) is 0 Å². The first-order valence-electron chi connectivity index (χ1n) is 13.5. The second-order valence-electron chi connectivity index (χ2n) is 10.6. The number of hydrogen-bond acceptors (Lipinski definition) is 14. The third kappa shape index (κ3) is 13.8. The predicted octanol–water partition coefficient (Wildman–Crippen LogP) is -2.26. The van der Waals surface area contributed by atoms with Gasteiger partial charge in [-0.2, -0.15) is 0 Å². The van der Waals surface area contributed by atoms with E-state index in [2.05, 4.69) is 0 Å². The van der Waals surface area contributed by atoms with Crippen LogP contribution in [0, 0.1) is 11.8 Å². The van der Waals surface area contributed by atoms with Gasteiger partial charge >= 0.3 is 59.1 Å². The summed E-state index contributed by atoms with van der Waals surface area (Å²) >= 11 is 3.01. The molecule has 2 aliphatic rings. The van der Waals surface area contributed by atoms with Crippen LogP contribution < -0.4 is 78.1 Å². The van der Waals surface area contributed by atoms with Crippen molar-refractivity contribution in [2.75, 3.05) is 39.6 Å². The van der Waals surface area contributed by atoms with Crippen LogP contribution >= 0.6 is 22.7 Å². The summed E-state index contributed by atoms with van der Waals surface area (Å²) in [6.07, 6.45) is -0.0383. The number of rotatable bonds is 14. The number of thiophene rings is 2. The Balaban J connectivity index is 0.000000421. The molecule has 44 heavy (non-hydrogen) atoms. The molecule has 2 aromatic rings. The minimum absolute atomic E-state index is 0. The molecule has 0 spiro atoms. The molecule has 0 radical (unpaired) electrons. The molecular formula is C26H38Na2O12S4. The van der Waals surface area contributed by atoms with Crippen molar-refractivity contribution in [3.63, 3.8) is 0 Å². The van der Waals surface area contributed by atoms with E-state index >= 15 is 0 Å². The molecule has 0 aliphatic carbocycles. The molecule has 4 rings (SSSR count). The van der Waals surface area contributed by atoms with Gasteiger partial charge in [-0.1, -0.05) is 27.7 Å². The molecule has 0 amide bonds. The second kappa shape index (κ2) is 20.0. The molecule has 0 bridgehead atoms. The van der Waals surface area contributed by atoms with Gasteiger partial charge in [-0.15, -0.1) is 22.7 Å². The van der Waals surface area contributed by atoms with Crippen LogP contribution in [0.4, 0.5) is 0 Å². The van der Waals surface area contributed by atoms with Gasteiger partial charge in [0.2, 0.25) is 0 Å². The molecule has 0 aromatic carbocycles. The molecule has 4 unspecified atom stereocenters. The molecule has 0 fully saturated rings. The first-order chi connectivity index (χ1) is 19.8. The van der Waals surface area contributed by atoms with Gasteiger partial charge in [-0.05, 0) is 24.7 Å². The zero-order chi connectivity index (χ0) is 30.9. The molecule has 18 heteroatoms. The third-order valence-corrected chi connectivity index (χ3v) is 11.0. The van der Waals surface area contributed by atoms with Gasteiger partial charge in [0.05, 0.1) is 43.9 Å². The fourth-order valence-corrected chi connectivity index (χ4v) is 7.78. The maximum atomic E-state index is 11.1. The van der Waals surface area contributed by atoms with Gasteiger partial charge in [-0.25, -0.2) is 16.8 Å². The van der Waals surface area contributed by atoms with Gasteiger partial charge in [0, 0.05) is 34.7 Å². The van der Waals surface area contributed by atoms with Crippen molar-refractivity contribution in [2.24, 2.45) is 11.8 Å². The maximum absolute atomic E-state index is 11.1. The molecule has 0 saturated heterocycles. The first-order valence-corrected chi connectivity index (χ1v) is 18.3. The van der Waals surface area contributed by atoms with E-state index in [1.54, 1.807) is 27.7 Å². The largest absolute Gasteiger partial charge is 1.00 e. The number of hydrogen-bond donors (Lipinski definition) is 0. The predicted molar refractivity (Wildman–Crippen MR) is 156 cm³/mol. The first kappa shape index (κ1) is 42.4. The molecule has 4 atom stereocenters. The molecule has 0 N–H and O–H groups in total. The van der Waals surface area contributed by atoms with Crippen molar-refractivity contribution in [1.82, 2.24) is 0 Å². The van der Waals surface area contributed by atoms with Crippen LogP contribution in [0.25, 0.3) is 0 Å². The van der Waals surface area contributed by atoms with Crippen molar-refractivity contribution in [2.45, 2.75) is 63.2 Å². The van der Waals surface area contributed by atoms with Gasteiger partial charge in [0.15, 0.2) is 35.2 Å². The van der Waals surface area contributed by atoms with Crippen LogP contribution in [-0.4, -0.2) is 88.3 Å². The molecule has 240 valence electrons. The Kier molecular flexibility index (Phi) is 19.2. The topological polar surface area (TPSA) is 170 Å². The Morgan fingerprint density at radius 1 is 0.705 bits per heavy atom. The quantitative estimate of drug-likeness (QED) is 0.117. The number of ether oxygens (including phenoxy) is 6. The minimum Gasteiger partial charge on any atom is -0.748 e. The van der Waals surface area contributed by atoms with Gasteiger partial charge in [0.25, 0.3) is 0 Å². The summed E-state index contributed by atoms with van der Waals surface area (Å²) in [4.78, 5) is 0. The summed E-state index contributed by atoms with van der Waals surface area (Å²) < 4.78 is 100.0. The molecule has 12 nitrogen and oxygen atoms in total. The van der Waals surface area contributed by atoms with E-state index in [-0.39, 0.29) is 109 Å². The monoisotopic (exact) mass is 716 g/mol. The Morgan fingerprint density at radius 2 is 1.05 bits per heavy atom. The molecule has 0 saturated carbocycles. The average Bonchev–Trinajstić information content (AvgIpc) is 3.55. The molecule has 4 heterocycles. The Bertz CT molecular complexity index is 1210. The van der Waals surface area contributed by atoms with Crippen molar-refractivity contribution >= 4 is 42.9 Å². The van der Waals surface area contributed by atoms with E-state index in [0.717, 1.165) is 11.5 Å². The molecule has 2 aliphatic heterocycles. The summed E-state index contributed by atoms with van der Waals surface area (Å²) in [5, 5.41) is 5.65. The summed E-state index contributed by atoms with van der Waals surface area (Å²) in [5.74, 6) is 2.46. The van der Waals surface area contributed by atoms with Crippen LogP contribution in [0.15, 0.2) is 21.5 Å². The van der Waals surface area contributed by atoms with Crippen molar-refractivity contribution < 1.29 is 113 Å². The van der Waals surface area contributed by atoms with E-state index in [9.17, 15) is 25.9 Å². The van der Waals surface area contributed by atoms with Crippen LogP contribution in [0.2, 0.25) is 0 Å².